The standard InChI is InChI=1S/C13H25N3O2.ClH/c1-9(2)12(14)13(18)16-6-4-11(5-7-16)8-15-10(3)17;/h9,11-12H,4-8,14H2,1-3H3,(H,15,17);1H/t12-;/m1./s1. The monoisotopic (exact) mass is 291 g/mol. The van der Waals surface area contributed by atoms with Gasteiger partial charge < -0.3 is 16.0 Å². The van der Waals surface area contributed by atoms with E-state index in [0.29, 0.717) is 12.5 Å². The van der Waals surface area contributed by atoms with Gasteiger partial charge in [0.25, 0.3) is 0 Å². The van der Waals surface area contributed by atoms with Crippen molar-refractivity contribution in [2.45, 2.75) is 39.7 Å². The van der Waals surface area contributed by atoms with Gasteiger partial charge in [0.15, 0.2) is 0 Å². The SMILES string of the molecule is CC(=O)NCC1CCN(C(=O)[C@H](N)C(C)C)CC1.Cl. The van der Waals surface area contributed by atoms with E-state index in [-0.39, 0.29) is 30.1 Å². The number of likely N-dealkylation sites (tertiary alicyclic amines) is 1. The molecule has 1 fully saturated rings. The molecule has 2 amide bonds. The van der Waals surface area contributed by atoms with Crippen LogP contribution >= 0.6 is 12.4 Å². The summed E-state index contributed by atoms with van der Waals surface area (Å²) in [5.74, 6) is 0.723. The van der Waals surface area contributed by atoms with Crippen molar-refractivity contribution in [2.24, 2.45) is 17.6 Å². The molecular weight excluding hydrogens is 266 g/mol. The Morgan fingerprint density at radius 1 is 1.32 bits per heavy atom. The van der Waals surface area contributed by atoms with Crippen LogP contribution in [0.15, 0.2) is 0 Å². The van der Waals surface area contributed by atoms with Crippen molar-refractivity contribution in [3.8, 4) is 0 Å². The highest BCUT2D eigenvalue weighted by Crippen LogP contribution is 2.17. The predicted octanol–water partition coefficient (Wildman–Crippen LogP) is 0.766. The van der Waals surface area contributed by atoms with E-state index in [1.807, 2.05) is 18.7 Å². The fraction of sp³-hybridized carbons (Fsp3) is 0.846. The molecule has 0 unspecified atom stereocenters. The van der Waals surface area contributed by atoms with Gasteiger partial charge in [-0.3, -0.25) is 9.59 Å². The van der Waals surface area contributed by atoms with E-state index >= 15 is 0 Å². The summed E-state index contributed by atoms with van der Waals surface area (Å²) in [6.45, 7) is 7.68. The summed E-state index contributed by atoms with van der Waals surface area (Å²) in [7, 11) is 0. The van der Waals surface area contributed by atoms with Crippen molar-refractivity contribution < 1.29 is 9.59 Å². The lowest BCUT2D eigenvalue weighted by molar-refractivity contribution is -0.135. The first-order valence-electron chi connectivity index (χ1n) is 6.70. The van der Waals surface area contributed by atoms with Gasteiger partial charge in [-0.05, 0) is 24.7 Å². The normalized spacial score (nSPS) is 17.8. The van der Waals surface area contributed by atoms with E-state index in [0.717, 1.165) is 25.9 Å². The minimum Gasteiger partial charge on any atom is -0.356 e. The molecule has 19 heavy (non-hydrogen) atoms. The number of hydrogen-bond donors (Lipinski definition) is 2. The average Bonchev–Trinajstić information content (AvgIpc) is 2.35. The Hall–Kier alpha value is -0.810. The number of rotatable bonds is 4. The number of nitrogens with two attached hydrogens (primary N) is 1. The Kier molecular flexibility index (Phi) is 8.02. The molecule has 1 saturated heterocycles. The molecule has 0 aromatic heterocycles. The molecule has 0 bridgehead atoms. The Morgan fingerprint density at radius 3 is 2.26 bits per heavy atom. The van der Waals surface area contributed by atoms with Gasteiger partial charge in [0.1, 0.15) is 0 Å². The number of hydrogen-bond acceptors (Lipinski definition) is 3. The van der Waals surface area contributed by atoms with Crippen LogP contribution in [0.2, 0.25) is 0 Å². The molecule has 112 valence electrons. The molecule has 1 atom stereocenters. The van der Waals surface area contributed by atoms with Gasteiger partial charge in [-0.25, -0.2) is 0 Å². The van der Waals surface area contributed by atoms with Crippen molar-refractivity contribution >= 4 is 24.2 Å². The first-order chi connectivity index (χ1) is 8.41. The summed E-state index contributed by atoms with van der Waals surface area (Å²) in [6, 6.07) is -0.392. The maximum absolute atomic E-state index is 12.0. The van der Waals surface area contributed by atoms with Crippen LogP contribution in [0.4, 0.5) is 0 Å². The van der Waals surface area contributed by atoms with Crippen molar-refractivity contribution in [1.29, 1.82) is 0 Å². The van der Waals surface area contributed by atoms with Gasteiger partial charge in [-0.15, -0.1) is 12.4 Å². The number of amides is 2. The molecule has 1 aliphatic heterocycles. The topological polar surface area (TPSA) is 75.4 Å². The molecular formula is C13H26ClN3O2. The van der Waals surface area contributed by atoms with E-state index < -0.39 is 6.04 Å². The molecule has 6 heteroatoms. The number of piperidine rings is 1. The number of halogens is 1. The van der Waals surface area contributed by atoms with Gasteiger partial charge in [0.2, 0.25) is 11.8 Å². The molecule has 1 aliphatic rings. The molecule has 0 aromatic rings. The zero-order valence-electron chi connectivity index (χ0n) is 12.0. The average molecular weight is 292 g/mol. The first kappa shape index (κ1) is 18.2. The van der Waals surface area contributed by atoms with Crippen LogP contribution in [0.3, 0.4) is 0 Å². The first-order valence-corrected chi connectivity index (χ1v) is 6.70. The lowest BCUT2D eigenvalue weighted by atomic mass is 9.95. The second-order valence-electron chi connectivity index (χ2n) is 5.48. The van der Waals surface area contributed by atoms with Gasteiger partial charge >= 0.3 is 0 Å². The van der Waals surface area contributed by atoms with Gasteiger partial charge in [0.05, 0.1) is 6.04 Å². The Balaban J connectivity index is 0.00000324. The smallest absolute Gasteiger partial charge is 0.239 e. The molecule has 0 saturated carbocycles. The van der Waals surface area contributed by atoms with Crippen molar-refractivity contribution in [3.05, 3.63) is 0 Å². The van der Waals surface area contributed by atoms with Gasteiger partial charge in [0, 0.05) is 26.6 Å². The second kappa shape index (κ2) is 8.38. The second-order valence-corrected chi connectivity index (χ2v) is 5.48. The van der Waals surface area contributed by atoms with E-state index in [4.69, 9.17) is 5.73 Å². The minimum absolute atomic E-state index is 0. The van der Waals surface area contributed by atoms with E-state index in [1.54, 1.807) is 0 Å². The molecule has 0 aliphatic carbocycles. The van der Waals surface area contributed by atoms with Crippen LogP contribution in [0.5, 0.6) is 0 Å². The summed E-state index contributed by atoms with van der Waals surface area (Å²) in [5, 5.41) is 2.83. The number of nitrogens with one attached hydrogen (secondary N) is 1. The quantitative estimate of drug-likeness (QED) is 0.803. The third-order valence-corrected chi connectivity index (χ3v) is 3.57. The third kappa shape index (κ3) is 5.78. The maximum atomic E-state index is 12.0. The summed E-state index contributed by atoms with van der Waals surface area (Å²) in [6.07, 6.45) is 1.88. The number of carbonyl (C=O) groups is 2. The van der Waals surface area contributed by atoms with E-state index in [9.17, 15) is 9.59 Å². The van der Waals surface area contributed by atoms with Crippen molar-refractivity contribution in [3.63, 3.8) is 0 Å². The number of carbonyl (C=O) groups excluding carboxylic acids is 2. The van der Waals surface area contributed by atoms with Crippen molar-refractivity contribution in [1.82, 2.24) is 10.2 Å². The summed E-state index contributed by atoms with van der Waals surface area (Å²) < 4.78 is 0. The van der Waals surface area contributed by atoms with Crippen LogP contribution < -0.4 is 11.1 Å². The number of nitrogens with zero attached hydrogens (tertiary/aromatic N) is 1. The van der Waals surface area contributed by atoms with Gasteiger partial charge in [-0.1, -0.05) is 13.8 Å². The molecule has 1 rings (SSSR count). The minimum atomic E-state index is -0.392. The summed E-state index contributed by atoms with van der Waals surface area (Å²) in [5.41, 5.74) is 5.88. The third-order valence-electron chi connectivity index (χ3n) is 3.57. The molecule has 0 spiro atoms. The highest BCUT2D eigenvalue weighted by molar-refractivity contribution is 5.85. The lowest BCUT2D eigenvalue weighted by Gasteiger charge is -2.34. The molecule has 0 radical (unpaired) electrons. The fourth-order valence-corrected chi connectivity index (χ4v) is 2.14. The van der Waals surface area contributed by atoms with Crippen LogP contribution in [0.25, 0.3) is 0 Å². The Bertz CT molecular complexity index is 302. The molecule has 0 aromatic carbocycles. The zero-order chi connectivity index (χ0) is 13.7. The van der Waals surface area contributed by atoms with E-state index in [1.165, 1.54) is 6.92 Å². The van der Waals surface area contributed by atoms with Crippen LogP contribution in [0.1, 0.15) is 33.6 Å². The summed E-state index contributed by atoms with van der Waals surface area (Å²) in [4.78, 5) is 24.7. The largest absolute Gasteiger partial charge is 0.356 e. The highest BCUT2D eigenvalue weighted by Gasteiger charge is 2.27. The molecule has 5 nitrogen and oxygen atoms in total. The molecule has 3 N–H and O–H groups in total. The maximum Gasteiger partial charge on any atom is 0.239 e. The predicted molar refractivity (Wildman–Crippen MR) is 78.0 cm³/mol. The fourth-order valence-electron chi connectivity index (χ4n) is 2.14. The van der Waals surface area contributed by atoms with Gasteiger partial charge in [-0.2, -0.15) is 0 Å². The lowest BCUT2D eigenvalue weighted by Crippen LogP contribution is -2.50. The van der Waals surface area contributed by atoms with Crippen LogP contribution in [-0.4, -0.2) is 42.4 Å². The van der Waals surface area contributed by atoms with Crippen molar-refractivity contribution in [2.75, 3.05) is 19.6 Å². The Morgan fingerprint density at radius 2 is 1.84 bits per heavy atom. The summed E-state index contributed by atoms with van der Waals surface area (Å²) >= 11 is 0. The van der Waals surface area contributed by atoms with Crippen LogP contribution in [0, 0.1) is 11.8 Å². The van der Waals surface area contributed by atoms with Crippen LogP contribution in [-0.2, 0) is 9.59 Å². The zero-order valence-corrected chi connectivity index (χ0v) is 12.8. The Labute approximate surface area is 121 Å². The molecule has 1 heterocycles. The van der Waals surface area contributed by atoms with E-state index in [2.05, 4.69) is 5.32 Å². The highest BCUT2D eigenvalue weighted by atomic mass is 35.5.